The van der Waals surface area contributed by atoms with Crippen LogP contribution in [0.1, 0.15) is 26.7 Å². The van der Waals surface area contributed by atoms with Gasteiger partial charge in [0, 0.05) is 37.2 Å². The largest absolute Gasteiger partial charge is 0.760 e. The fourth-order valence-electron chi connectivity index (χ4n) is 0.962. The predicted octanol–water partition coefficient (Wildman–Crippen LogP) is 1.54. The van der Waals surface area contributed by atoms with Gasteiger partial charge in [0.15, 0.2) is 0 Å². The van der Waals surface area contributed by atoms with Gasteiger partial charge in [0.2, 0.25) is 0 Å². The van der Waals surface area contributed by atoms with Gasteiger partial charge in [-0.25, -0.2) is 13.1 Å². The van der Waals surface area contributed by atoms with Gasteiger partial charge in [0.1, 0.15) is 0 Å². The van der Waals surface area contributed by atoms with E-state index in [0.29, 0.717) is 0 Å². The Morgan fingerprint density at radius 2 is 1.69 bits per heavy atom. The van der Waals surface area contributed by atoms with Crippen molar-refractivity contribution in [1.82, 2.24) is 4.31 Å². The van der Waals surface area contributed by atoms with Crippen LogP contribution in [0, 0.1) is 0 Å². The Kier molecular flexibility index (Phi) is 5.59. The second-order valence-electron chi connectivity index (χ2n) is 2.50. The lowest BCUT2D eigenvalue weighted by Gasteiger charge is -2.32. The summed E-state index contributed by atoms with van der Waals surface area (Å²) in [5.41, 5.74) is 0. The quantitative estimate of drug-likeness (QED) is 0.621. The molecule has 6 heteroatoms. The highest BCUT2D eigenvalue weighted by atomic mass is 32.2. The lowest BCUT2D eigenvalue weighted by atomic mass is 10.1. The molecule has 1 fully saturated rings. The SMILES string of the molecule is CC.O=S([O-])N1CCC(F)(F)CC1. The summed E-state index contributed by atoms with van der Waals surface area (Å²) in [5.74, 6) is -2.67. The molecule has 0 spiro atoms. The van der Waals surface area contributed by atoms with Crippen LogP contribution in [0.2, 0.25) is 0 Å². The Hall–Kier alpha value is -0.0700. The summed E-state index contributed by atoms with van der Waals surface area (Å²) in [6.45, 7) is 3.87. The fourth-order valence-corrected chi connectivity index (χ4v) is 1.44. The molecular formula is C7H14F2NO2S-. The van der Waals surface area contributed by atoms with Gasteiger partial charge in [-0.3, -0.25) is 4.21 Å². The molecule has 0 bridgehead atoms. The zero-order valence-electron chi connectivity index (χ0n) is 7.76. The van der Waals surface area contributed by atoms with Gasteiger partial charge >= 0.3 is 0 Å². The van der Waals surface area contributed by atoms with Crippen LogP contribution in [-0.2, 0) is 11.3 Å². The molecule has 80 valence electrons. The third kappa shape index (κ3) is 4.64. The standard InChI is InChI=1S/C5H9F2NO2S.C2H6/c6-5(7)1-3-8(4-2-5)11(9)10;1-2/h1-4H2,(H,9,10);1-2H3/p-1. The molecule has 0 N–H and O–H groups in total. The molecule has 0 radical (unpaired) electrons. The van der Waals surface area contributed by atoms with E-state index in [1.807, 2.05) is 13.8 Å². The highest BCUT2D eigenvalue weighted by Crippen LogP contribution is 2.27. The van der Waals surface area contributed by atoms with Crippen molar-refractivity contribution in [2.75, 3.05) is 13.1 Å². The summed E-state index contributed by atoms with van der Waals surface area (Å²) < 4.78 is 46.3. The van der Waals surface area contributed by atoms with Crippen molar-refractivity contribution < 1.29 is 17.5 Å². The summed E-state index contributed by atoms with van der Waals surface area (Å²) >= 11 is -2.34. The van der Waals surface area contributed by atoms with Crippen molar-refractivity contribution in [1.29, 1.82) is 0 Å². The Bertz CT molecular complexity index is 168. The smallest absolute Gasteiger partial charge is 0.250 e. The number of hydrogen-bond acceptors (Lipinski definition) is 2. The van der Waals surface area contributed by atoms with Crippen LogP contribution in [0.25, 0.3) is 0 Å². The van der Waals surface area contributed by atoms with E-state index >= 15 is 0 Å². The van der Waals surface area contributed by atoms with Crippen LogP contribution < -0.4 is 0 Å². The molecule has 1 heterocycles. The van der Waals surface area contributed by atoms with Crippen molar-refractivity contribution in [3.8, 4) is 0 Å². The average molecular weight is 214 g/mol. The van der Waals surface area contributed by atoms with Crippen LogP contribution >= 0.6 is 0 Å². The molecular weight excluding hydrogens is 200 g/mol. The van der Waals surface area contributed by atoms with E-state index in [9.17, 15) is 17.5 Å². The molecule has 1 aliphatic rings. The molecule has 0 saturated carbocycles. The van der Waals surface area contributed by atoms with Gasteiger partial charge in [-0.15, -0.1) is 0 Å². The molecule has 0 aromatic heterocycles. The van der Waals surface area contributed by atoms with Crippen molar-refractivity contribution in [2.24, 2.45) is 0 Å². The second kappa shape index (κ2) is 5.62. The molecule has 0 aliphatic carbocycles. The fraction of sp³-hybridized carbons (Fsp3) is 1.00. The lowest BCUT2D eigenvalue weighted by molar-refractivity contribution is -0.0414. The predicted molar refractivity (Wildman–Crippen MR) is 46.0 cm³/mol. The highest BCUT2D eigenvalue weighted by molar-refractivity contribution is 7.76. The van der Waals surface area contributed by atoms with Gasteiger partial charge in [-0.2, -0.15) is 0 Å². The zero-order chi connectivity index (χ0) is 10.5. The van der Waals surface area contributed by atoms with E-state index in [4.69, 9.17) is 0 Å². The van der Waals surface area contributed by atoms with E-state index in [2.05, 4.69) is 0 Å². The zero-order valence-corrected chi connectivity index (χ0v) is 8.57. The Labute approximate surface area is 79.5 Å². The van der Waals surface area contributed by atoms with Crippen molar-refractivity contribution in [2.45, 2.75) is 32.6 Å². The minimum atomic E-state index is -2.67. The van der Waals surface area contributed by atoms with Crippen molar-refractivity contribution >= 4 is 11.3 Å². The maximum Gasteiger partial charge on any atom is 0.250 e. The molecule has 1 rings (SSSR count). The van der Waals surface area contributed by atoms with Crippen LogP contribution in [0.5, 0.6) is 0 Å². The van der Waals surface area contributed by atoms with E-state index in [1.165, 1.54) is 0 Å². The number of rotatable bonds is 1. The first-order valence-electron chi connectivity index (χ1n) is 4.23. The minimum absolute atomic E-state index is 0.0664. The van der Waals surface area contributed by atoms with Gasteiger partial charge in [-0.05, 0) is 0 Å². The third-order valence-corrected chi connectivity index (χ3v) is 2.45. The molecule has 3 nitrogen and oxygen atoms in total. The lowest BCUT2D eigenvalue weighted by Crippen LogP contribution is -2.40. The van der Waals surface area contributed by atoms with Crippen LogP contribution in [0.3, 0.4) is 0 Å². The maximum absolute atomic E-state index is 12.4. The van der Waals surface area contributed by atoms with E-state index < -0.39 is 17.2 Å². The molecule has 1 unspecified atom stereocenters. The molecule has 0 aromatic carbocycles. The monoisotopic (exact) mass is 214 g/mol. The normalized spacial score (nSPS) is 24.4. The third-order valence-electron chi connectivity index (χ3n) is 1.66. The molecule has 1 aliphatic heterocycles. The maximum atomic E-state index is 12.4. The highest BCUT2D eigenvalue weighted by Gasteiger charge is 2.34. The second-order valence-corrected chi connectivity index (χ2v) is 3.45. The first-order valence-corrected chi connectivity index (χ1v) is 5.27. The molecule has 1 atom stereocenters. The van der Waals surface area contributed by atoms with E-state index in [-0.39, 0.29) is 25.9 Å². The summed E-state index contributed by atoms with van der Waals surface area (Å²) in [5, 5.41) is 0. The summed E-state index contributed by atoms with van der Waals surface area (Å²) in [6.07, 6.45) is -0.720. The number of alkyl halides is 2. The summed E-state index contributed by atoms with van der Waals surface area (Å²) in [7, 11) is 0. The number of nitrogens with zero attached hydrogens (tertiary/aromatic N) is 1. The molecule has 0 aromatic rings. The van der Waals surface area contributed by atoms with Crippen LogP contribution in [-0.4, -0.2) is 32.1 Å². The van der Waals surface area contributed by atoms with Gasteiger partial charge in [0.05, 0.1) is 0 Å². The Balaban J connectivity index is 0.000000671. The van der Waals surface area contributed by atoms with Gasteiger partial charge in [0.25, 0.3) is 5.92 Å². The Morgan fingerprint density at radius 3 is 2.00 bits per heavy atom. The minimum Gasteiger partial charge on any atom is -0.760 e. The van der Waals surface area contributed by atoms with Crippen molar-refractivity contribution in [3.63, 3.8) is 0 Å². The topological polar surface area (TPSA) is 43.4 Å². The first-order chi connectivity index (χ1) is 6.01. The summed E-state index contributed by atoms with van der Waals surface area (Å²) in [4.78, 5) is 0. The summed E-state index contributed by atoms with van der Waals surface area (Å²) in [6, 6.07) is 0. The van der Waals surface area contributed by atoms with E-state index in [0.717, 1.165) is 4.31 Å². The van der Waals surface area contributed by atoms with Crippen LogP contribution in [0.4, 0.5) is 8.78 Å². The first kappa shape index (κ1) is 12.9. The van der Waals surface area contributed by atoms with Gasteiger partial charge in [-0.1, -0.05) is 13.8 Å². The van der Waals surface area contributed by atoms with Crippen molar-refractivity contribution in [3.05, 3.63) is 0 Å². The van der Waals surface area contributed by atoms with Crippen LogP contribution in [0.15, 0.2) is 0 Å². The molecule has 13 heavy (non-hydrogen) atoms. The number of hydrogen-bond donors (Lipinski definition) is 0. The van der Waals surface area contributed by atoms with E-state index in [1.54, 1.807) is 0 Å². The molecule has 1 saturated heterocycles. The Morgan fingerprint density at radius 1 is 1.31 bits per heavy atom. The average Bonchev–Trinajstić information content (AvgIpc) is 2.07. The number of halogens is 2. The van der Waals surface area contributed by atoms with Gasteiger partial charge < -0.3 is 4.55 Å². The number of piperidine rings is 1. The molecule has 0 amide bonds.